The number of nitrogens with zero attached hydrogens (tertiary/aromatic N) is 1. The van der Waals surface area contributed by atoms with E-state index in [0.717, 1.165) is 24.0 Å². The molecule has 0 aliphatic carbocycles. The molecule has 3 aromatic carbocycles. The maximum absolute atomic E-state index is 14.6. The maximum Gasteiger partial charge on any atom is 0.243 e. The summed E-state index contributed by atoms with van der Waals surface area (Å²) in [7, 11) is 0. The first kappa shape index (κ1) is 29.0. The molecule has 0 radical (unpaired) electrons. The van der Waals surface area contributed by atoms with E-state index in [9.17, 15) is 14.0 Å². The number of hydrogen-bond acceptors (Lipinski definition) is 3. The molecular formula is C29H31Cl2FN2O2S. The lowest BCUT2D eigenvalue weighted by Crippen LogP contribution is -2.51. The zero-order valence-electron chi connectivity index (χ0n) is 20.8. The van der Waals surface area contributed by atoms with Crippen LogP contribution >= 0.6 is 35.0 Å². The van der Waals surface area contributed by atoms with Gasteiger partial charge in [0, 0.05) is 40.9 Å². The van der Waals surface area contributed by atoms with Crippen molar-refractivity contribution in [2.75, 3.05) is 12.3 Å². The molecular weight excluding hydrogens is 530 g/mol. The predicted molar refractivity (Wildman–Crippen MR) is 151 cm³/mol. The molecule has 37 heavy (non-hydrogen) atoms. The zero-order chi connectivity index (χ0) is 26.6. The van der Waals surface area contributed by atoms with E-state index in [1.165, 1.54) is 22.7 Å². The SMILES string of the molecule is CCCCNC(=O)[C@H](Cc1ccccc1)N(Cc1ccccc1F)C(=O)CSCc1c(Cl)cccc1Cl. The summed E-state index contributed by atoms with van der Waals surface area (Å²) in [5.41, 5.74) is 2.02. The molecule has 4 nitrogen and oxygen atoms in total. The van der Waals surface area contributed by atoms with Gasteiger partial charge in [0.2, 0.25) is 11.8 Å². The van der Waals surface area contributed by atoms with Crippen LogP contribution in [0, 0.1) is 5.82 Å². The smallest absolute Gasteiger partial charge is 0.243 e. The Labute approximate surface area is 232 Å². The van der Waals surface area contributed by atoms with Crippen LogP contribution in [0.3, 0.4) is 0 Å². The summed E-state index contributed by atoms with van der Waals surface area (Å²) in [6, 6.07) is 20.4. The zero-order valence-corrected chi connectivity index (χ0v) is 23.1. The lowest BCUT2D eigenvalue weighted by atomic mass is 10.0. The molecule has 0 fully saturated rings. The molecule has 0 aliphatic rings. The minimum atomic E-state index is -0.795. The van der Waals surface area contributed by atoms with E-state index in [1.54, 1.807) is 36.4 Å². The van der Waals surface area contributed by atoms with Gasteiger partial charge in [-0.2, -0.15) is 0 Å². The van der Waals surface area contributed by atoms with Gasteiger partial charge in [0.05, 0.1) is 5.75 Å². The first-order valence-electron chi connectivity index (χ1n) is 12.3. The summed E-state index contributed by atoms with van der Waals surface area (Å²) in [4.78, 5) is 28.5. The second kappa shape index (κ2) is 15.0. The van der Waals surface area contributed by atoms with Crippen molar-refractivity contribution in [3.63, 3.8) is 0 Å². The highest BCUT2D eigenvalue weighted by molar-refractivity contribution is 7.99. The molecule has 8 heteroatoms. The van der Waals surface area contributed by atoms with E-state index < -0.39 is 11.9 Å². The number of carbonyl (C=O) groups excluding carboxylic acids is 2. The van der Waals surface area contributed by atoms with Crippen molar-refractivity contribution in [3.05, 3.63) is 105 Å². The molecule has 0 heterocycles. The van der Waals surface area contributed by atoms with E-state index in [4.69, 9.17) is 23.2 Å². The molecule has 196 valence electrons. The average Bonchev–Trinajstić information content (AvgIpc) is 2.89. The Hall–Kier alpha value is -2.54. The van der Waals surface area contributed by atoms with Crippen LogP contribution in [-0.4, -0.2) is 35.1 Å². The Kier molecular flexibility index (Phi) is 11.8. The van der Waals surface area contributed by atoms with E-state index >= 15 is 0 Å². The van der Waals surface area contributed by atoms with Crippen LogP contribution < -0.4 is 5.32 Å². The minimum Gasteiger partial charge on any atom is -0.354 e. The molecule has 1 atom stereocenters. The standard InChI is InChI=1S/C29H31Cl2FN2O2S/c1-2-3-16-33-29(36)27(17-21-10-5-4-6-11-21)34(18-22-12-7-8-15-26(22)32)28(35)20-37-19-23-24(30)13-9-14-25(23)31/h4-15,27H,2-3,16-20H2,1H3,(H,33,36)/t27-/m0/s1. The Morgan fingerprint density at radius 3 is 2.32 bits per heavy atom. The van der Waals surface area contributed by atoms with Gasteiger partial charge in [0.15, 0.2) is 0 Å². The Morgan fingerprint density at radius 1 is 0.973 bits per heavy atom. The second-order valence-electron chi connectivity index (χ2n) is 8.66. The molecule has 0 aliphatic heterocycles. The molecule has 2 amide bonds. The third kappa shape index (κ3) is 8.77. The van der Waals surface area contributed by atoms with Crippen LogP contribution in [0.15, 0.2) is 72.8 Å². The number of carbonyl (C=O) groups is 2. The van der Waals surface area contributed by atoms with Crippen molar-refractivity contribution >= 4 is 46.8 Å². The van der Waals surface area contributed by atoms with Gasteiger partial charge in [-0.15, -0.1) is 11.8 Å². The number of benzene rings is 3. The number of hydrogen-bond donors (Lipinski definition) is 1. The van der Waals surface area contributed by atoms with Gasteiger partial charge < -0.3 is 10.2 Å². The molecule has 0 unspecified atom stereocenters. The van der Waals surface area contributed by atoms with Gasteiger partial charge >= 0.3 is 0 Å². The number of amides is 2. The summed E-state index contributed by atoms with van der Waals surface area (Å²) in [6.07, 6.45) is 2.09. The molecule has 0 spiro atoms. The molecule has 1 N–H and O–H groups in total. The summed E-state index contributed by atoms with van der Waals surface area (Å²) in [6.45, 7) is 2.55. The van der Waals surface area contributed by atoms with Gasteiger partial charge in [-0.1, -0.05) is 91.1 Å². The van der Waals surface area contributed by atoms with E-state index in [1.807, 2.05) is 37.3 Å². The molecule has 3 rings (SSSR count). The van der Waals surface area contributed by atoms with Gasteiger partial charge in [-0.05, 0) is 35.7 Å². The van der Waals surface area contributed by atoms with Crippen molar-refractivity contribution in [1.82, 2.24) is 10.2 Å². The van der Waals surface area contributed by atoms with Crippen molar-refractivity contribution < 1.29 is 14.0 Å². The maximum atomic E-state index is 14.6. The fourth-order valence-corrected chi connectivity index (χ4v) is 5.51. The number of unbranched alkanes of at least 4 members (excludes halogenated alkanes) is 1. The van der Waals surface area contributed by atoms with E-state index in [0.29, 0.717) is 34.3 Å². The first-order chi connectivity index (χ1) is 17.9. The number of rotatable bonds is 13. The fourth-order valence-electron chi connectivity index (χ4n) is 3.86. The van der Waals surface area contributed by atoms with Gasteiger partial charge in [0.1, 0.15) is 11.9 Å². The highest BCUT2D eigenvalue weighted by Gasteiger charge is 2.30. The van der Waals surface area contributed by atoms with Crippen molar-refractivity contribution in [2.45, 2.75) is 44.5 Å². The van der Waals surface area contributed by atoms with Crippen LogP contribution in [0.2, 0.25) is 10.0 Å². The van der Waals surface area contributed by atoms with E-state index in [-0.39, 0.29) is 24.1 Å². The van der Waals surface area contributed by atoms with Crippen molar-refractivity contribution in [1.29, 1.82) is 0 Å². The largest absolute Gasteiger partial charge is 0.354 e. The van der Waals surface area contributed by atoms with Gasteiger partial charge in [-0.25, -0.2) is 4.39 Å². The Balaban J connectivity index is 1.86. The topological polar surface area (TPSA) is 49.4 Å². The first-order valence-corrected chi connectivity index (χ1v) is 14.2. The molecule has 0 saturated carbocycles. The number of nitrogens with one attached hydrogen (secondary N) is 1. The fraction of sp³-hybridized carbons (Fsp3) is 0.310. The summed E-state index contributed by atoms with van der Waals surface area (Å²) >= 11 is 13.9. The second-order valence-corrected chi connectivity index (χ2v) is 10.5. The van der Waals surface area contributed by atoms with Gasteiger partial charge in [0.25, 0.3) is 0 Å². The Bertz CT molecular complexity index is 1160. The average molecular weight is 562 g/mol. The van der Waals surface area contributed by atoms with Crippen molar-refractivity contribution in [3.8, 4) is 0 Å². The number of halogens is 3. The lowest BCUT2D eigenvalue weighted by Gasteiger charge is -2.31. The molecule has 0 saturated heterocycles. The highest BCUT2D eigenvalue weighted by atomic mass is 35.5. The van der Waals surface area contributed by atoms with Crippen LogP contribution in [0.1, 0.15) is 36.5 Å². The molecule has 3 aromatic rings. The molecule has 0 aromatic heterocycles. The third-order valence-corrected chi connectivity index (χ3v) is 7.58. The predicted octanol–water partition coefficient (Wildman–Crippen LogP) is 6.92. The Morgan fingerprint density at radius 2 is 1.65 bits per heavy atom. The summed E-state index contributed by atoms with van der Waals surface area (Å²) < 4.78 is 14.6. The summed E-state index contributed by atoms with van der Waals surface area (Å²) in [5.74, 6) is -0.405. The monoisotopic (exact) mass is 560 g/mol. The quantitative estimate of drug-likeness (QED) is 0.231. The van der Waals surface area contributed by atoms with Gasteiger partial charge in [-0.3, -0.25) is 9.59 Å². The molecule has 0 bridgehead atoms. The summed E-state index contributed by atoms with van der Waals surface area (Å²) in [5, 5.41) is 4.04. The third-order valence-electron chi connectivity index (χ3n) is 5.93. The highest BCUT2D eigenvalue weighted by Crippen LogP contribution is 2.28. The van der Waals surface area contributed by atoms with E-state index in [2.05, 4.69) is 5.32 Å². The normalized spacial score (nSPS) is 11.7. The van der Waals surface area contributed by atoms with Crippen LogP contribution in [0.25, 0.3) is 0 Å². The lowest BCUT2D eigenvalue weighted by molar-refractivity contribution is -0.139. The van der Waals surface area contributed by atoms with Crippen molar-refractivity contribution in [2.24, 2.45) is 0 Å². The minimum absolute atomic E-state index is 0.0163. The van der Waals surface area contributed by atoms with Crippen LogP contribution in [-0.2, 0) is 28.3 Å². The number of thioether (sulfide) groups is 1. The van der Waals surface area contributed by atoms with Crippen LogP contribution in [0.4, 0.5) is 4.39 Å². The van der Waals surface area contributed by atoms with Crippen LogP contribution in [0.5, 0.6) is 0 Å².